The second-order valence-electron chi connectivity index (χ2n) is 8.56. The van der Waals surface area contributed by atoms with Gasteiger partial charge in [0.05, 0.1) is 39.3 Å². The Kier molecular flexibility index (Phi) is 9.70. The van der Waals surface area contributed by atoms with Gasteiger partial charge in [-0.1, -0.05) is 53.0 Å². The van der Waals surface area contributed by atoms with Crippen LogP contribution in [0.5, 0.6) is 5.75 Å². The van der Waals surface area contributed by atoms with Crippen LogP contribution in [0, 0.1) is 0 Å². The molecule has 0 aromatic heterocycles. The van der Waals surface area contributed by atoms with Crippen molar-refractivity contribution in [3.63, 3.8) is 0 Å². The predicted octanol–water partition coefficient (Wildman–Crippen LogP) is 9.82. The van der Waals surface area contributed by atoms with Crippen molar-refractivity contribution in [2.24, 2.45) is 0 Å². The molecule has 0 saturated carbocycles. The number of rotatable bonds is 7. The molecule has 1 amide bonds. The highest BCUT2D eigenvalue weighted by Crippen LogP contribution is 2.43. The maximum Gasteiger partial charge on any atom is 0.417 e. The van der Waals surface area contributed by atoms with Gasteiger partial charge in [-0.3, -0.25) is 4.79 Å². The molecule has 3 aromatic rings. The van der Waals surface area contributed by atoms with E-state index in [-0.39, 0.29) is 27.2 Å². The van der Waals surface area contributed by atoms with Gasteiger partial charge in [0.1, 0.15) is 17.5 Å². The highest BCUT2D eigenvalue weighted by Gasteiger charge is 2.41. The van der Waals surface area contributed by atoms with Gasteiger partial charge in [-0.15, -0.1) is 0 Å². The Morgan fingerprint density at radius 2 is 1.55 bits per heavy atom. The second-order valence-corrected chi connectivity index (χ2v) is 9.75. The summed E-state index contributed by atoms with van der Waals surface area (Å²) in [4.78, 5) is 12.8. The SMILES string of the molecule is COc1cccc(C(C)NC(=O)c2ccc(/C(F)=C/C(c3cc(Cl)c(Cl)c(Cl)c3)C(F)(F)F)cc2C(F)(F)F)c1. The molecule has 3 nitrogen and oxygen atoms in total. The Morgan fingerprint density at radius 1 is 0.925 bits per heavy atom. The molecule has 0 aliphatic rings. The van der Waals surface area contributed by atoms with E-state index in [1.54, 1.807) is 24.3 Å². The van der Waals surface area contributed by atoms with Crippen LogP contribution < -0.4 is 10.1 Å². The van der Waals surface area contributed by atoms with Gasteiger partial charge in [0.25, 0.3) is 5.91 Å². The summed E-state index contributed by atoms with van der Waals surface area (Å²) in [7, 11) is 1.42. The normalized spacial score (nSPS) is 14.1. The number of carbonyl (C=O) groups excluding carboxylic acids is 1. The minimum absolute atomic E-state index is 0.0932. The van der Waals surface area contributed by atoms with E-state index in [2.05, 4.69) is 5.32 Å². The number of allylic oxidation sites excluding steroid dienone is 1. The third kappa shape index (κ3) is 7.41. The molecule has 3 aromatic carbocycles. The average molecular weight is 629 g/mol. The molecule has 40 heavy (non-hydrogen) atoms. The summed E-state index contributed by atoms with van der Waals surface area (Å²) in [5.41, 5.74) is -3.26. The number of hydrogen-bond acceptors (Lipinski definition) is 2. The zero-order chi connectivity index (χ0) is 30.0. The van der Waals surface area contributed by atoms with Gasteiger partial charge < -0.3 is 10.1 Å². The number of ether oxygens (including phenoxy) is 1. The maximum atomic E-state index is 15.1. The van der Waals surface area contributed by atoms with Crippen molar-refractivity contribution in [3.8, 4) is 5.75 Å². The molecule has 0 spiro atoms. The number of benzene rings is 3. The van der Waals surface area contributed by atoms with E-state index in [0.29, 0.717) is 17.4 Å². The Bertz CT molecular complexity index is 1420. The van der Waals surface area contributed by atoms with Gasteiger partial charge in [-0.25, -0.2) is 4.39 Å². The van der Waals surface area contributed by atoms with Crippen molar-refractivity contribution >= 4 is 46.5 Å². The molecule has 3 rings (SSSR count). The molecular weight excluding hydrogens is 610 g/mol. The van der Waals surface area contributed by atoms with Crippen molar-refractivity contribution in [2.75, 3.05) is 7.11 Å². The zero-order valence-corrected chi connectivity index (χ0v) is 22.8. The van der Waals surface area contributed by atoms with Crippen molar-refractivity contribution in [1.82, 2.24) is 5.32 Å². The topological polar surface area (TPSA) is 38.3 Å². The Balaban J connectivity index is 2.00. The molecule has 2 atom stereocenters. The van der Waals surface area contributed by atoms with Gasteiger partial charge in [0, 0.05) is 5.56 Å². The largest absolute Gasteiger partial charge is 0.497 e. The van der Waals surface area contributed by atoms with Crippen molar-refractivity contribution in [1.29, 1.82) is 0 Å². The highest BCUT2D eigenvalue weighted by atomic mass is 35.5. The molecule has 2 unspecified atom stereocenters. The Labute approximate surface area is 239 Å². The molecule has 0 saturated heterocycles. The number of amides is 1. The van der Waals surface area contributed by atoms with Crippen LogP contribution in [-0.2, 0) is 6.18 Å². The van der Waals surface area contributed by atoms with Crippen LogP contribution in [0.15, 0.2) is 60.7 Å². The first-order valence-corrected chi connectivity index (χ1v) is 12.4. The summed E-state index contributed by atoms with van der Waals surface area (Å²) < 4.78 is 103. The van der Waals surface area contributed by atoms with Crippen LogP contribution in [0.25, 0.3) is 5.83 Å². The highest BCUT2D eigenvalue weighted by molar-refractivity contribution is 6.48. The number of carbonyl (C=O) groups is 1. The van der Waals surface area contributed by atoms with Crippen LogP contribution in [-0.4, -0.2) is 19.2 Å². The summed E-state index contributed by atoms with van der Waals surface area (Å²) in [6, 6.07) is 9.13. The summed E-state index contributed by atoms with van der Waals surface area (Å²) in [6.07, 6.45) is -10.1. The van der Waals surface area contributed by atoms with E-state index in [4.69, 9.17) is 39.5 Å². The maximum absolute atomic E-state index is 15.1. The van der Waals surface area contributed by atoms with Gasteiger partial charge in [-0.05, 0) is 60.5 Å². The van der Waals surface area contributed by atoms with E-state index < -0.39 is 58.3 Å². The molecular formula is C27H19Cl3F7NO2. The standard InChI is InChI=1S/C27H19Cl3F7NO2/c1-13(14-4-3-5-17(8-14)40-2)38-25(39)18-7-6-15(9-20(18)27(35,36)37)23(31)12-19(26(32,33)34)16-10-21(28)24(30)22(29)11-16/h3-13,19H,1-2H3,(H,38,39)/b23-12-. The molecule has 1 N–H and O–H groups in total. The lowest BCUT2D eigenvalue weighted by Crippen LogP contribution is -2.29. The molecule has 0 aliphatic carbocycles. The molecule has 13 heteroatoms. The molecule has 0 fully saturated rings. The summed E-state index contributed by atoms with van der Waals surface area (Å²) in [5, 5.41) is 1.55. The number of nitrogens with one attached hydrogen (secondary N) is 1. The minimum Gasteiger partial charge on any atom is -0.497 e. The number of hydrogen-bond donors (Lipinski definition) is 1. The molecule has 0 heterocycles. The first-order chi connectivity index (χ1) is 18.5. The summed E-state index contributed by atoms with van der Waals surface area (Å²) in [6.45, 7) is 1.53. The predicted molar refractivity (Wildman–Crippen MR) is 140 cm³/mol. The first-order valence-electron chi connectivity index (χ1n) is 11.3. The van der Waals surface area contributed by atoms with E-state index in [1.807, 2.05) is 0 Å². The lowest BCUT2D eigenvalue weighted by atomic mass is 9.95. The lowest BCUT2D eigenvalue weighted by Gasteiger charge is -2.20. The van der Waals surface area contributed by atoms with Gasteiger partial charge in [0.15, 0.2) is 0 Å². The lowest BCUT2D eigenvalue weighted by molar-refractivity contribution is -0.140. The van der Waals surface area contributed by atoms with Crippen LogP contribution in [0.2, 0.25) is 15.1 Å². The van der Waals surface area contributed by atoms with E-state index >= 15 is 4.39 Å². The quantitative estimate of drug-likeness (QED) is 0.209. The Hall–Kier alpha value is -2.95. The van der Waals surface area contributed by atoms with Crippen molar-refractivity contribution < 1.29 is 40.3 Å². The fourth-order valence-corrected chi connectivity index (χ4v) is 4.38. The van der Waals surface area contributed by atoms with Crippen molar-refractivity contribution in [2.45, 2.75) is 31.2 Å². The van der Waals surface area contributed by atoms with Gasteiger partial charge in [-0.2, -0.15) is 26.3 Å². The Morgan fingerprint density at radius 3 is 2.10 bits per heavy atom. The summed E-state index contributed by atoms with van der Waals surface area (Å²) >= 11 is 17.4. The number of alkyl halides is 6. The number of halogens is 10. The molecule has 0 aliphatic heterocycles. The monoisotopic (exact) mass is 627 g/mol. The number of methoxy groups -OCH3 is 1. The minimum atomic E-state index is -5.14. The van der Waals surface area contributed by atoms with Gasteiger partial charge >= 0.3 is 12.4 Å². The zero-order valence-electron chi connectivity index (χ0n) is 20.5. The third-order valence-corrected chi connectivity index (χ3v) is 7.01. The molecule has 214 valence electrons. The average Bonchev–Trinajstić information content (AvgIpc) is 2.88. The van der Waals surface area contributed by atoms with Crippen LogP contribution >= 0.6 is 34.8 Å². The third-order valence-electron chi connectivity index (χ3n) is 5.82. The van der Waals surface area contributed by atoms with E-state index in [9.17, 15) is 31.1 Å². The van der Waals surface area contributed by atoms with Gasteiger partial charge in [0.2, 0.25) is 0 Å². The first kappa shape index (κ1) is 31.6. The van der Waals surface area contributed by atoms with E-state index in [1.165, 1.54) is 14.0 Å². The second kappa shape index (κ2) is 12.3. The molecule has 0 radical (unpaired) electrons. The smallest absolute Gasteiger partial charge is 0.417 e. The fraction of sp³-hybridized carbons (Fsp3) is 0.222. The van der Waals surface area contributed by atoms with Crippen LogP contribution in [0.4, 0.5) is 30.7 Å². The molecule has 0 bridgehead atoms. The fourth-order valence-electron chi connectivity index (χ4n) is 3.77. The van der Waals surface area contributed by atoms with Crippen molar-refractivity contribution in [3.05, 3.63) is 104 Å². The summed E-state index contributed by atoms with van der Waals surface area (Å²) in [5.74, 6) is -4.91. The van der Waals surface area contributed by atoms with E-state index in [0.717, 1.165) is 18.2 Å². The van der Waals surface area contributed by atoms with Crippen LogP contribution in [0.3, 0.4) is 0 Å². The van der Waals surface area contributed by atoms with Crippen LogP contribution in [0.1, 0.15) is 51.5 Å².